The van der Waals surface area contributed by atoms with Gasteiger partial charge in [0.15, 0.2) is 0 Å². The lowest BCUT2D eigenvalue weighted by molar-refractivity contribution is 0.737. The summed E-state index contributed by atoms with van der Waals surface area (Å²) in [5.41, 5.74) is 2.27. The van der Waals surface area contributed by atoms with Gasteiger partial charge >= 0.3 is 0 Å². The van der Waals surface area contributed by atoms with Crippen LogP contribution in [0.1, 0.15) is 59.6 Å². The number of rotatable bonds is 2. The predicted octanol–water partition coefficient (Wildman–Crippen LogP) is 6.69. The molecule has 0 spiro atoms. The second-order valence-corrected chi connectivity index (χ2v) is 3.77. The fourth-order valence-electron chi connectivity index (χ4n) is 0.883. The van der Waals surface area contributed by atoms with Crippen LogP contribution in [-0.4, -0.2) is 0 Å². The minimum Gasteiger partial charge on any atom is -0.0984 e. The van der Waals surface area contributed by atoms with E-state index in [1.165, 1.54) is 0 Å². The molecule has 0 nitrogen and oxygen atoms in total. The first-order chi connectivity index (χ1) is 8.61. The van der Waals surface area contributed by atoms with Crippen molar-refractivity contribution in [3.05, 3.63) is 48.6 Å². The lowest BCUT2D eigenvalue weighted by Crippen LogP contribution is -1.76. The molecule has 104 valence electrons. The highest BCUT2D eigenvalue weighted by Gasteiger charge is 1.89. The van der Waals surface area contributed by atoms with E-state index < -0.39 is 0 Å². The fraction of sp³-hybridized carbons (Fsp3) is 0.444. The van der Waals surface area contributed by atoms with Gasteiger partial charge in [0, 0.05) is 0 Å². The van der Waals surface area contributed by atoms with Crippen LogP contribution < -0.4 is 0 Å². The van der Waals surface area contributed by atoms with E-state index in [1.807, 2.05) is 64.1 Å². The summed E-state index contributed by atoms with van der Waals surface area (Å²) in [6.45, 7) is 21.9. The molecular weight excluding hydrogens is 216 g/mol. The Morgan fingerprint density at radius 1 is 0.778 bits per heavy atom. The minimum absolute atomic E-state index is 0.833. The molecule has 0 radical (unpaired) electrons. The largest absolute Gasteiger partial charge is 0.0984 e. The summed E-state index contributed by atoms with van der Waals surface area (Å²) < 4.78 is 0. The van der Waals surface area contributed by atoms with Crippen LogP contribution >= 0.6 is 0 Å². The maximum absolute atomic E-state index is 3.69. The molecule has 0 saturated carbocycles. The van der Waals surface area contributed by atoms with Crippen molar-refractivity contribution in [1.82, 2.24) is 0 Å². The summed E-state index contributed by atoms with van der Waals surface area (Å²) in [5.74, 6) is 0.833. The zero-order chi connectivity index (χ0) is 15.0. The Hall–Kier alpha value is -1.30. The molecule has 0 saturated heterocycles. The maximum atomic E-state index is 3.69. The average molecular weight is 248 g/mol. The molecule has 0 atom stereocenters. The summed E-state index contributed by atoms with van der Waals surface area (Å²) >= 11 is 0. The molecule has 0 heteroatoms. The van der Waals surface area contributed by atoms with E-state index in [0.717, 1.165) is 17.0 Å². The van der Waals surface area contributed by atoms with Crippen molar-refractivity contribution in [2.24, 2.45) is 5.92 Å². The molecule has 1 rings (SSSR count). The summed E-state index contributed by atoms with van der Waals surface area (Å²) in [6, 6.07) is 8.02. The van der Waals surface area contributed by atoms with Gasteiger partial charge in [-0.15, -0.1) is 0 Å². The van der Waals surface area contributed by atoms with E-state index in [4.69, 9.17) is 0 Å². The summed E-state index contributed by atoms with van der Waals surface area (Å²) in [5, 5.41) is 0. The Balaban J connectivity index is -0.000000238. The molecule has 18 heavy (non-hydrogen) atoms. The van der Waals surface area contributed by atoms with Crippen LogP contribution in [0.25, 0.3) is 12.2 Å². The highest BCUT2D eigenvalue weighted by molar-refractivity contribution is 5.63. The van der Waals surface area contributed by atoms with Crippen molar-refractivity contribution in [2.75, 3.05) is 0 Å². The van der Waals surface area contributed by atoms with Crippen LogP contribution in [0.4, 0.5) is 0 Å². The third-order valence-corrected chi connectivity index (χ3v) is 1.44. The summed E-state index contributed by atoms with van der Waals surface area (Å²) in [6.07, 6.45) is 3.66. The van der Waals surface area contributed by atoms with Crippen molar-refractivity contribution >= 4 is 12.2 Å². The van der Waals surface area contributed by atoms with Gasteiger partial charge in [0.05, 0.1) is 0 Å². The van der Waals surface area contributed by atoms with Crippen LogP contribution in [0.5, 0.6) is 0 Å². The monoisotopic (exact) mass is 248 g/mol. The van der Waals surface area contributed by atoms with Crippen LogP contribution in [0.2, 0.25) is 0 Å². The molecule has 0 amide bonds. The van der Waals surface area contributed by atoms with Crippen molar-refractivity contribution in [2.45, 2.75) is 48.5 Å². The lowest BCUT2D eigenvalue weighted by atomic mass is 10.1. The average Bonchev–Trinajstić information content (AvgIpc) is 2.42. The lowest BCUT2D eigenvalue weighted by Gasteiger charge is -1.96. The zero-order valence-corrected chi connectivity index (χ0v) is 13.5. The fourth-order valence-corrected chi connectivity index (χ4v) is 0.883. The first-order valence-electron chi connectivity index (χ1n) is 6.95. The molecule has 0 aliphatic heterocycles. The normalized spacial score (nSPS) is 7.56. The van der Waals surface area contributed by atoms with Gasteiger partial charge in [-0.3, -0.25) is 0 Å². The quantitative estimate of drug-likeness (QED) is 0.547. The molecule has 0 bridgehead atoms. The topological polar surface area (TPSA) is 0 Å². The molecule has 0 unspecified atom stereocenters. The summed E-state index contributed by atoms with van der Waals surface area (Å²) in [4.78, 5) is 0. The van der Waals surface area contributed by atoms with Crippen molar-refractivity contribution in [3.8, 4) is 0 Å². The molecular formula is C18H32. The minimum atomic E-state index is 0.833. The van der Waals surface area contributed by atoms with Crippen molar-refractivity contribution in [1.29, 1.82) is 0 Å². The van der Waals surface area contributed by atoms with Crippen LogP contribution in [0.3, 0.4) is 0 Å². The van der Waals surface area contributed by atoms with E-state index in [0.29, 0.717) is 0 Å². The molecule has 0 heterocycles. The van der Waals surface area contributed by atoms with Gasteiger partial charge in [-0.2, -0.15) is 0 Å². The number of benzene rings is 1. The third kappa shape index (κ3) is 14.7. The second kappa shape index (κ2) is 18.1. The standard InChI is InChI=1S/C10H10.C4H10.2C2H6/c1-3-9-7-5-6-8-10(9)4-2;1-4(2)3;2*1-2/h3-8H,1-2H2;4H,1-3H3;2*1-2H3. The third-order valence-electron chi connectivity index (χ3n) is 1.44. The highest BCUT2D eigenvalue weighted by Crippen LogP contribution is 2.10. The van der Waals surface area contributed by atoms with E-state index in [2.05, 4.69) is 33.9 Å². The van der Waals surface area contributed by atoms with Gasteiger partial charge in [-0.1, -0.05) is 98.0 Å². The second-order valence-electron chi connectivity index (χ2n) is 3.77. The first kappa shape index (κ1) is 21.9. The van der Waals surface area contributed by atoms with Gasteiger partial charge in [0.2, 0.25) is 0 Å². The maximum Gasteiger partial charge on any atom is -0.0190 e. The predicted molar refractivity (Wildman–Crippen MR) is 89.8 cm³/mol. The molecule has 0 fully saturated rings. The van der Waals surface area contributed by atoms with E-state index in [1.54, 1.807) is 0 Å². The van der Waals surface area contributed by atoms with Gasteiger partial charge in [-0.25, -0.2) is 0 Å². The van der Waals surface area contributed by atoms with Gasteiger partial charge < -0.3 is 0 Å². The molecule has 1 aromatic rings. The van der Waals surface area contributed by atoms with Gasteiger partial charge in [0.25, 0.3) is 0 Å². The highest BCUT2D eigenvalue weighted by atomic mass is 13.9. The van der Waals surface area contributed by atoms with Crippen molar-refractivity contribution < 1.29 is 0 Å². The van der Waals surface area contributed by atoms with Crippen LogP contribution in [-0.2, 0) is 0 Å². The molecule has 0 N–H and O–H groups in total. The molecule has 0 aromatic heterocycles. The number of hydrogen-bond donors (Lipinski definition) is 0. The van der Waals surface area contributed by atoms with Gasteiger partial charge in [0.1, 0.15) is 0 Å². The van der Waals surface area contributed by atoms with Crippen LogP contribution in [0.15, 0.2) is 37.4 Å². The Kier molecular flexibility index (Phi) is 22.0. The van der Waals surface area contributed by atoms with Gasteiger partial charge in [-0.05, 0) is 17.0 Å². The Morgan fingerprint density at radius 2 is 1.00 bits per heavy atom. The van der Waals surface area contributed by atoms with Crippen molar-refractivity contribution in [3.63, 3.8) is 0 Å². The zero-order valence-electron chi connectivity index (χ0n) is 13.5. The molecule has 1 aromatic carbocycles. The smallest absolute Gasteiger partial charge is 0.0190 e. The van der Waals surface area contributed by atoms with E-state index in [9.17, 15) is 0 Å². The SMILES string of the molecule is C=Cc1ccccc1C=C.CC.CC.CC(C)C. The summed E-state index contributed by atoms with van der Waals surface area (Å²) in [7, 11) is 0. The Labute approximate surface area is 115 Å². The Morgan fingerprint density at radius 3 is 1.17 bits per heavy atom. The molecule has 0 aliphatic rings. The first-order valence-corrected chi connectivity index (χ1v) is 6.95. The Bertz CT molecular complexity index is 252. The van der Waals surface area contributed by atoms with Crippen LogP contribution in [0, 0.1) is 5.92 Å². The number of hydrogen-bond acceptors (Lipinski definition) is 0. The van der Waals surface area contributed by atoms with E-state index in [-0.39, 0.29) is 0 Å². The van der Waals surface area contributed by atoms with E-state index >= 15 is 0 Å². The molecule has 0 aliphatic carbocycles.